The van der Waals surface area contributed by atoms with Gasteiger partial charge in [0, 0.05) is 6.42 Å². The number of carboxylic acid groups (broad SMARTS) is 1. The number of nitrogens with one attached hydrogen (secondary N) is 2. The fraction of sp³-hybridized carbons (Fsp3) is 0.400. The Kier molecular flexibility index (Phi) is 11.6. The summed E-state index contributed by atoms with van der Waals surface area (Å²) in [5.41, 5.74) is 2.53. The molecule has 2 rings (SSSR count). The maximum atomic E-state index is 12.8. The van der Waals surface area contributed by atoms with Crippen LogP contribution in [0.2, 0.25) is 0 Å². The van der Waals surface area contributed by atoms with Crippen LogP contribution >= 0.6 is 0 Å². The second kappa shape index (κ2) is 14.7. The average molecular weight is 473 g/mol. The topological polar surface area (TPSA) is 134 Å². The molecule has 0 radical (unpaired) electrons. The number of carbonyl (C=O) groups excluding carboxylic acids is 2. The number of aliphatic carboxylic acids is 1. The number of unbranched alkanes of at least 4 members (excludes halogenated alkanes) is 1. The van der Waals surface area contributed by atoms with Crippen LogP contribution in [0, 0.1) is 5.92 Å². The molecule has 0 saturated heterocycles. The Labute approximate surface area is 199 Å². The molecule has 0 aliphatic carbocycles. The second-order valence-corrected chi connectivity index (χ2v) is 7.69. The maximum absolute atomic E-state index is 12.8. The van der Waals surface area contributed by atoms with E-state index in [1.807, 2.05) is 25.1 Å². The molecule has 1 amide bonds. The van der Waals surface area contributed by atoms with E-state index >= 15 is 0 Å². The molecule has 9 heteroatoms. The largest absolute Gasteiger partial charge is 0.494 e. The SMILES string of the molecule is CCOc1ccc(OCCCC[C@H](C(=O)CNO)C(=O)NC(Cc2ccccc2)C(=O)O)cc1. The molecule has 0 fully saturated rings. The number of carboxylic acids is 1. The summed E-state index contributed by atoms with van der Waals surface area (Å²) >= 11 is 0. The van der Waals surface area contributed by atoms with Gasteiger partial charge in [-0.1, -0.05) is 30.3 Å². The van der Waals surface area contributed by atoms with Crippen LogP contribution in [0.3, 0.4) is 0 Å². The third kappa shape index (κ3) is 9.21. The molecular formula is C25H32N2O7. The van der Waals surface area contributed by atoms with Gasteiger partial charge in [-0.05, 0) is 56.0 Å². The number of hydrogen-bond donors (Lipinski definition) is 4. The zero-order valence-corrected chi connectivity index (χ0v) is 19.2. The van der Waals surface area contributed by atoms with Crippen molar-refractivity contribution in [2.45, 2.75) is 38.6 Å². The predicted octanol–water partition coefficient (Wildman–Crippen LogP) is 2.61. The second-order valence-electron chi connectivity index (χ2n) is 7.69. The highest BCUT2D eigenvalue weighted by Gasteiger charge is 2.29. The number of ketones is 1. The smallest absolute Gasteiger partial charge is 0.326 e. The van der Waals surface area contributed by atoms with Crippen molar-refractivity contribution in [1.82, 2.24) is 10.8 Å². The number of ether oxygens (including phenoxy) is 2. The Hall–Kier alpha value is -3.43. The number of hydroxylamine groups is 1. The lowest BCUT2D eigenvalue weighted by molar-refractivity contribution is -0.144. The van der Waals surface area contributed by atoms with Crippen molar-refractivity contribution in [2.24, 2.45) is 5.92 Å². The first-order valence-electron chi connectivity index (χ1n) is 11.3. The summed E-state index contributed by atoms with van der Waals surface area (Å²) in [7, 11) is 0. The third-order valence-corrected chi connectivity index (χ3v) is 5.15. The Morgan fingerprint density at radius 2 is 1.59 bits per heavy atom. The van der Waals surface area contributed by atoms with Gasteiger partial charge >= 0.3 is 5.97 Å². The molecule has 0 spiro atoms. The van der Waals surface area contributed by atoms with Crippen LogP contribution in [0.1, 0.15) is 31.7 Å². The van der Waals surface area contributed by atoms with Crippen LogP contribution in [0.5, 0.6) is 11.5 Å². The molecule has 1 unspecified atom stereocenters. The molecule has 184 valence electrons. The van der Waals surface area contributed by atoms with Crippen molar-refractivity contribution < 1.29 is 34.2 Å². The van der Waals surface area contributed by atoms with Crippen molar-refractivity contribution in [2.75, 3.05) is 19.8 Å². The van der Waals surface area contributed by atoms with Gasteiger partial charge < -0.3 is 25.1 Å². The maximum Gasteiger partial charge on any atom is 0.326 e. The number of rotatable bonds is 16. The van der Waals surface area contributed by atoms with Gasteiger partial charge in [-0.2, -0.15) is 5.48 Å². The van der Waals surface area contributed by atoms with Crippen molar-refractivity contribution in [3.8, 4) is 11.5 Å². The van der Waals surface area contributed by atoms with Gasteiger partial charge in [0.25, 0.3) is 0 Å². The molecular weight excluding hydrogens is 440 g/mol. The van der Waals surface area contributed by atoms with E-state index in [2.05, 4.69) is 5.32 Å². The lowest BCUT2D eigenvalue weighted by Gasteiger charge is -2.20. The first-order valence-corrected chi connectivity index (χ1v) is 11.3. The van der Waals surface area contributed by atoms with E-state index < -0.39 is 36.2 Å². The summed E-state index contributed by atoms with van der Waals surface area (Å²) in [5.74, 6) is -2.02. The van der Waals surface area contributed by atoms with E-state index in [1.54, 1.807) is 41.9 Å². The number of Topliss-reactive ketones (excluding diaryl/α,β-unsaturated/α-hetero) is 1. The quantitative estimate of drug-likeness (QED) is 0.166. The molecule has 0 aliphatic rings. The van der Waals surface area contributed by atoms with E-state index in [9.17, 15) is 19.5 Å². The zero-order chi connectivity index (χ0) is 24.8. The fourth-order valence-electron chi connectivity index (χ4n) is 3.40. The van der Waals surface area contributed by atoms with Crippen LogP contribution < -0.4 is 20.3 Å². The van der Waals surface area contributed by atoms with Crippen LogP contribution in [0.15, 0.2) is 54.6 Å². The average Bonchev–Trinajstić information content (AvgIpc) is 2.82. The molecule has 0 bridgehead atoms. The zero-order valence-electron chi connectivity index (χ0n) is 19.2. The van der Waals surface area contributed by atoms with Gasteiger partial charge in [0.15, 0.2) is 5.78 Å². The van der Waals surface area contributed by atoms with Gasteiger partial charge in [0.1, 0.15) is 17.5 Å². The minimum atomic E-state index is -1.19. The van der Waals surface area contributed by atoms with E-state index in [4.69, 9.17) is 14.7 Å². The minimum Gasteiger partial charge on any atom is -0.494 e. The first-order chi connectivity index (χ1) is 16.4. The monoisotopic (exact) mass is 472 g/mol. The first kappa shape index (κ1) is 26.8. The highest BCUT2D eigenvalue weighted by molar-refractivity contribution is 6.03. The summed E-state index contributed by atoms with van der Waals surface area (Å²) in [6.45, 7) is 2.47. The minimum absolute atomic E-state index is 0.0942. The number of amides is 1. The molecule has 34 heavy (non-hydrogen) atoms. The standard InChI is InChI=1S/C25H32N2O7/c1-2-33-19-11-13-20(14-12-19)34-15-7-6-10-21(23(28)17-26-32)24(29)27-22(25(30)31)16-18-8-4-3-5-9-18/h3-5,8-9,11-14,21-22,26,32H,2,6-7,10,15-17H2,1H3,(H,27,29)(H,30,31)/t21-,22?/m1/s1. The molecule has 0 heterocycles. The normalized spacial score (nSPS) is 12.4. The van der Waals surface area contributed by atoms with Crippen LogP contribution in [-0.2, 0) is 20.8 Å². The highest BCUT2D eigenvalue weighted by atomic mass is 16.5. The number of hydrogen-bond acceptors (Lipinski definition) is 7. The molecule has 2 aromatic carbocycles. The summed E-state index contributed by atoms with van der Waals surface area (Å²) in [6.07, 6.45) is 1.39. The summed E-state index contributed by atoms with van der Waals surface area (Å²) in [4.78, 5) is 36.9. The van der Waals surface area contributed by atoms with E-state index in [0.717, 1.165) is 11.3 Å². The Balaban J connectivity index is 1.88. The molecule has 2 aromatic rings. The lowest BCUT2D eigenvalue weighted by Crippen LogP contribution is -2.47. The van der Waals surface area contributed by atoms with Gasteiger partial charge in [-0.15, -0.1) is 0 Å². The van der Waals surface area contributed by atoms with Crippen molar-refractivity contribution in [3.63, 3.8) is 0 Å². The predicted molar refractivity (Wildman–Crippen MR) is 125 cm³/mol. The number of benzene rings is 2. The summed E-state index contributed by atoms with van der Waals surface area (Å²) in [5, 5.41) is 20.9. The highest BCUT2D eigenvalue weighted by Crippen LogP contribution is 2.18. The molecule has 0 aliphatic heterocycles. The van der Waals surface area contributed by atoms with Crippen molar-refractivity contribution in [1.29, 1.82) is 0 Å². The molecule has 0 aromatic heterocycles. The van der Waals surface area contributed by atoms with Gasteiger partial charge in [-0.3, -0.25) is 9.59 Å². The summed E-state index contributed by atoms with van der Waals surface area (Å²) < 4.78 is 11.1. The fourth-order valence-corrected chi connectivity index (χ4v) is 3.40. The summed E-state index contributed by atoms with van der Waals surface area (Å²) in [6, 6.07) is 15.0. The molecule has 2 atom stereocenters. The van der Waals surface area contributed by atoms with Crippen molar-refractivity contribution in [3.05, 3.63) is 60.2 Å². The number of carbonyl (C=O) groups is 3. The van der Waals surface area contributed by atoms with E-state index in [-0.39, 0.29) is 12.8 Å². The van der Waals surface area contributed by atoms with Crippen LogP contribution in [0.4, 0.5) is 0 Å². The van der Waals surface area contributed by atoms with Crippen LogP contribution in [-0.4, -0.2) is 53.8 Å². The third-order valence-electron chi connectivity index (χ3n) is 5.15. The van der Waals surface area contributed by atoms with Gasteiger partial charge in [0.05, 0.1) is 25.7 Å². The van der Waals surface area contributed by atoms with E-state index in [1.165, 1.54) is 0 Å². The Bertz CT molecular complexity index is 903. The lowest BCUT2D eigenvalue weighted by atomic mass is 9.95. The van der Waals surface area contributed by atoms with Gasteiger partial charge in [-0.25, -0.2) is 4.79 Å². The molecule has 9 nitrogen and oxygen atoms in total. The Morgan fingerprint density at radius 1 is 0.941 bits per heavy atom. The van der Waals surface area contributed by atoms with Crippen LogP contribution in [0.25, 0.3) is 0 Å². The van der Waals surface area contributed by atoms with E-state index in [0.29, 0.717) is 31.8 Å². The van der Waals surface area contributed by atoms with Gasteiger partial charge in [0.2, 0.25) is 5.91 Å². The van der Waals surface area contributed by atoms with Crippen molar-refractivity contribution >= 4 is 17.7 Å². The molecule has 4 N–H and O–H groups in total. The Morgan fingerprint density at radius 3 is 2.18 bits per heavy atom. The molecule has 0 saturated carbocycles.